The van der Waals surface area contributed by atoms with E-state index >= 15 is 0 Å². The van der Waals surface area contributed by atoms with Crippen LogP contribution in [-0.2, 0) is 9.53 Å². The molecule has 0 saturated carbocycles. The molecule has 1 aromatic rings. The first-order chi connectivity index (χ1) is 8.11. The van der Waals surface area contributed by atoms with Crippen molar-refractivity contribution in [2.24, 2.45) is 0 Å². The summed E-state index contributed by atoms with van der Waals surface area (Å²) in [5.74, 6) is 5.31. The average molecular weight is 230 g/mol. The standard InChI is InChI=1S/C14H14O3/c1-11(2)10-17-14(15)9-6-12-4-7-13(16-3)8-5-12/h4-5,7-8H,1,10H2,2-3H3. The highest BCUT2D eigenvalue weighted by molar-refractivity contribution is 5.89. The molecule has 0 saturated heterocycles. The van der Waals surface area contributed by atoms with Crippen LogP contribution in [0.5, 0.6) is 5.75 Å². The molecule has 0 aliphatic heterocycles. The number of carbonyl (C=O) groups is 1. The van der Waals surface area contributed by atoms with Crippen molar-refractivity contribution in [2.75, 3.05) is 13.7 Å². The second-order valence-corrected chi connectivity index (χ2v) is 3.51. The predicted molar refractivity (Wildman–Crippen MR) is 65.6 cm³/mol. The molecular weight excluding hydrogens is 216 g/mol. The fourth-order valence-corrected chi connectivity index (χ4v) is 1.02. The molecule has 0 radical (unpaired) electrons. The molecule has 88 valence electrons. The van der Waals surface area contributed by atoms with E-state index in [1.165, 1.54) is 0 Å². The van der Waals surface area contributed by atoms with E-state index in [0.717, 1.165) is 16.9 Å². The molecule has 3 heteroatoms. The Morgan fingerprint density at radius 2 is 2.00 bits per heavy atom. The van der Waals surface area contributed by atoms with Crippen LogP contribution in [0.25, 0.3) is 0 Å². The van der Waals surface area contributed by atoms with E-state index in [9.17, 15) is 4.79 Å². The smallest absolute Gasteiger partial charge is 0.385 e. The summed E-state index contributed by atoms with van der Waals surface area (Å²) in [7, 11) is 1.59. The van der Waals surface area contributed by atoms with Crippen LogP contribution in [0.4, 0.5) is 0 Å². The van der Waals surface area contributed by atoms with E-state index in [1.807, 2.05) is 0 Å². The molecule has 17 heavy (non-hydrogen) atoms. The molecule has 0 spiro atoms. The summed E-state index contributed by atoms with van der Waals surface area (Å²) in [6.45, 7) is 5.61. The van der Waals surface area contributed by atoms with Gasteiger partial charge in [0.2, 0.25) is 0 Å². The zero-order chi connectivity index (χ0) is 12.7. The summed E-state index contributed by atoms with van der Waals surface area (Å²) in [5.41, 5.74) is 1.52. The number of ether oxygens (including phenoxy) is 2. The number of esters is 1. The Morgan fingerprint density at radius 3 is 2.53 bits per heavy atom. The molecule has 0 heterocycles. The number of hydrogen-bond acceptors (Lipinski definition) is 3. The van der Waals surface area contributed by atoms with Gasteiger partial charge in [-0.3, -0.25) is 0 Å². The zero-order valence-corrected chi connectivity index (χ0v) is 9.95. The first kappa shape index (κ1) is 12.9. The molecule has 1 aromatic carbocycles. The Hall–Kier alpha value is -2.21. The monoisotopic (exact) mass is 230 g/mol. The van der Waals surface area contributed by atoms with Gasteiger partial charge in [0.15, 0.2) is 0 Å². The summed E-state index contributed by atoms with van der Waals surface area (Å²) in [5, 5.41) is 0. The third kappa shape index (κ3) is 4.89. The maximum absolute atomic E-state index is 11.2. The fourth-order valence-electron chi connectivity index (χ4n) is 1.02. The topological polar surface area (TPSA) is 35.5 Å². The van der Waals surface area contributed by atoms with Gasteiger partial charge in [-0.1, -0.05) is 12.5 Å². The lowest BCUT2D eigenvalue weighted by atomic mass is 10.2. The molecular formula is C14H14O3. The van der Waals surface area contributed by atoms with Crippen LogP contribution in [-0.4, -0.2) is 19.7 Å². The lowest BCUT2D eigenvalue weighted by molar-refractivity contribution is -0.135. The van der Waals surface area contributed by atoms with Gasteiger partial charge in [-0.25, -0.2) is 4.79 Å². The number of hydrogen-bond donors (Lipinski definition) is 0. The molecule has 0 bridgehead atoms. The Morgan fingerprint density at radius 1 is 1.35 bits per heavy atom. The van der Waals surface area contributed by atoms with E-state index in [1.54, 1.807) is 38.3 Å². The maximum Gasteiger partial charge on any atom is 0.385 e. The molecule has 0 aliphatic rings. The SMILES string of the molecule is C=C(C)COC(=O)C#Cc1ccc(OC)cc1. The van der Waals surface area contributed by atoms with Gasteiger partial charge in [0, 0.05) is 11.5 Å². The van der Waals surface area contributed by atoms with E-state index in [4.69, 9.17) is 9.47 Å². The average Bonchev–Trinajstić information content (AvgIpc) is 2.34. The Bertz CT molecular complexity index is 460. The van der Waals surface area contributed by atoms with Crippen LogP contribution in [0.3, 0.4) is 0 Å². The first-order valence-corrected chi connectivity index (χ1v) is 5.09. The molecule has 0 atom stereocenters. The Balaban J connectivity index is 2.58. The van der Waals surface area contributed by atoms with Gasteiger partial charge in [0.1, 0.15) is 12.4 Å². The summed E-state index contributed by atoms with van der Waals surface area (Å²) >= 11 is 0. The van der Waals surface area contributed by atoms with Gasteiger partial charge in [0.05, 0.1) is 7.11 Å². The Kier molecular flexibility index (Phi) is 4.83. The van der Waals surface area contributed by atoms with Crippen LogP contribution in [0.15, 0.2) is 36.4 Å². The molecule has 0 N–H and O–H groups in total. The molecule has 0 fully saturated rings. The minimum absolute atomic E-state index is 0.204. The highest BCUT2D eigenvalue weighted by Gasteiger charge is 1.96. The van der Waals surface area contributed by atoms with Gasteiger partial charge in [-0.05, 0) is 36.8 Å². The van der Waals surface area contributed by atoms with Crippen LogP contribution < -0.4 is 4.74 Å². The summed E-state index contributed by atoms with van der Waals surface area (Å²) in [6, 6.07) is 7.11. The normalized spacial score (nSPS) is 8.82. The first-order valence-electron chi connectivity index (χ1n) is 5.09. The van der Waals surface area contributed by atoms with Crippen molar-refractivity contribution < 1.29 is 14.3 Å². The fraction of sp³-hybridized carbons (Fsp3) is 0.214. The lowest BCUT2D eigenvalue weighted by Gasteiger charge is -1.98. The molecule has 0 aliphatic carbocycles. The second-order valence-electron chi connectivity index (χ2n) is 3.51. The van der Waals surface area contributed by atoms with Gasteiger partial charge in [0.25, 0.3) is 0 Å². The molecule has 0 aromatic heterocycles. The molecule has 1 rings (SSSR count). The van der Waals surface area contributed by atoms with Gasteiger partial charge in [-0.2, -0.15) is 0 Å². The second kappa shape index (κ2) is 6.39. The highest BCUT2D eigenvalue weighted by Crippen LogP contribution is 2.10. The van der Waals surface area contributed by atoms with Crippen LogP contribution in [0.1, 0.15) is 12.5 Å². The molecule has 3 nitrogen and oxygen atoms in total. The van der Waals surface area contributed by atoms with Crippen molar-refractivity contribution in [3.05, 3.63) is 42.0 Å². The summed E-state index contributed by atoms with van der Waals surface area (Å²) < 4.78 is 9.84. The van der Waals surface area contributed by atoms with E-state index < -0.39 is 5.97 Å². The maximum atomic E-state index is 11.2. The lowest BCUT2D eigenvalue weighted by Crippen LogP contribution is -2.03. The number of rotatable bonds is 3. The van der Waals surface area contributed by atoms with Crippen LogP contribution in [0, 0.1) is 11.8 Å². The summed E-state index contributed by atoms with van der Waals surface area (Å²) in [6.07, 6.45) is 0. The molecule has 0 unspecified atom stereocenters. The molecule has 0 amide bonds. The van der Waals surface area contributed by atoms with Crippen molar-refractivity contribution >= 4 is 5.97 Å². The van der Waals surface area contributed by atoms with Crippen LogP contribution >= 0.6 is 0 Å². The number of benzene rings is 1. The quantitative estimate of drug-likeness (QED) is 0.453. The highest BCUT2D eigenvalue weighted by atomic mass is 16.5. The Labute approximate surface area is 101 Å². The largest absolute Gasteiger partial charge is 0.497 e. The third-order valence-corrected chi connectivity index (χ3v) is 1.85. The van der Waals surface area contributed by atoms with E-state index in [0.29, 0.717) is 0 Å². The van der Waals surface area contributed by atoms with Crippen molar-refractivity contribution in [1.82, 2.24) is 0 Å². The van der Waals surface area contributed by atoms with Crippen molar-refractivity contribution in [2.45, 2.75) is 6.92 Å². The number of carbonyl (C=O) groups excluding carboxylic acids is 1. The van der Waals surface area contributed by atoms with Gasteiger partial charge < -0.3 is 9.47 Å². The van der Waals surface area contributed by atoms with Crippen molar-refractivity contribution in [3.63, 3.8) is 0 Å². The minimum atomic E-state index is -0.552. The van der Waals surface area contributed by atoms with Gasteiger partial charge in [-0.15, -0.1) is 0 Å². The van der Waals surface area contributed by atoms with Crippen molar-refractivity contribution in [1.29, 1.82) is 0 Å². The zero-order valence-electron chi connectivity index (χ0n) is 9.95. The predicted octanol–water partition coefficient (Wildman–Crippen LogP) is 2.17. The van der Waals surface area contributed by atoms with E-state index in [-0.39, 0.29) is 6.61 Å². The minimum Gasteiger partial charge on any atom is -0.497 e. The number of methoxy groups -OCH3 is 1. The van der Waals surface area contributed by atoms with Gasteiger partial charge >= 0.3 is 5.97 Å². The third-order valence-electron chi connectivity index (χ3n) is 1.85. The van der Waals surface area contributed by atoms with Crippen LogP contribution in [0.2, 0.25) is 0 Å². The summed E-state index contributed by atoms with van der Waals surface area (Å²) in [4.78, 5) is 11.2. The van der Waals surface area contributed by atoms with Crippen molar-refractivity contribution in [3.8, 4) is 17.6 Å². The van der Waals surface area contributed by atoms with E-state index in [2.05, 4.69) is 18.4 Å².